The molecule has 5 rings (SSSR count). The number of aromatic nitrogens is 1. The Morgan fingerprint density at radius 1 is 1.09 bits per heavy atom. The number of para-hydroxylation sites is 1. The molecule has 9 heteroatoms. The lowest BCUT2D eigenvalue weighted by Gasteiger charge is -2.09. The predicted octanol–water partition coefficient (Wildman–Crippen LogP) is 6.66. The second-order valence-corrected chi connectivity index (χ2v) is 8.73. The van der Waals surface area contributed by atoms with Gasteiger partial charge in [-0.15, -0.1) is 0 Å². The van der Waals surface area contributed by atoms with E-state index in [2.05, 4.69) is 15.5 Å². The molecular weight excluding hydrogens is 469 g/mol. The number of thiazole rings is 1. The summed E-state index contributed by atoms with van der Waals surface area (Å²) in [6.45, 7) is 0. The maximum absolute atomic E-state index is 9.93. The van der Waals surface area contributed by atoms with Gasteiger partial charge >= 0.3 is 0 Å². The number of halogens is 2. The van der Waals surface area contributed by atoms with Gasteiger partial charge in [0.1, 0.15) is 5.76 Å². The fraction of sp³-hybridized carbons (Fsp3) is 0.0435. The highest BCUT2D eigenvalue weighted by Gasteiger charge is 2.13. The molecule has 0 bridgehead atoms. The van der Waals surface area contributed by atoms with E-state index in [-0.39, 0.29) is 5.75 Å². The molecule has 0 radical (unpaired) electrons. The van der Waals surface area contributed by atoms with E-state index >= 15 is 0 Å². The normalized spacial score (nSPS) is 11.9. The van der Waals surface area contributed by atoms with Gasteiger partial charge in [-0.1, -0.05) is 46.7 Å². The van der Waals surface area contributed by atoms with Gasteiger partial charge in [0.2, 0.25) is 5.13 Å². The highest BCUT2D eigenvalue weighted by Crippen LogP contribution is 2.34. The van der Waals surface area contributed by atoms with Crippen molar-refractivity contribution in [3.05, 3.63) is 76.1 Å². The molecule has 2 N–H and O–H groups in total. The van der Waals surface area contributed by atoms with Gasteiger partial charge in [0.05, 0.1) is 27.7 Å². The summed E-state index contributed by atoms with van der Waals surface area (Å²) in [5.74, 6) is 0.847. The molecule has 0 aliphatic heterocycles. The first-order chi connectivity index (χ1) is 15.5. The minimum atomic E-state index is 0.0317. The lowest BCUT2D eigenvalue weighted by atomic mass is 10.1. The Balaban J connectivity index is 1.68. The van der Waals surface area contributed by atoms with E-state index in [0.717, 1.165) is 10.2 Å². The van der Waals surface area contributed by atoms with Crippen LogP contribution in [0.2, 0.25) is 10.0 Å². The number of anilines is 1. The van der Waals surface area contributed by atoms with Crippen LogP contribution in [0.5, 0.6) is 11.5 Å². The number of aromatic hydroxyl groups is 1. The molecule has 32 heavy (non-hydrogen) atoms. The minimum Gasteiger partial charge on any atom is -0.504 e. The van der Waals surface area contributed by atoms with Crippen molar-refractivity contribution in [3.8, 4) is 22.8 Å². The van der Waals surface area contributed by atoms with Crippen molar-refractivity contribution >= 4 is 60.9 Å². The monoisotopic (exact) mass is 483 g/mol. The van der Waals surface area contributed by atoms with Crippen molar-refractivity contribution < 1.29 is 14.3 Å². The molecule has 2 aromatic heterocycles. The number of phenols is 1. The second kappa shape index (κ2) is 8.35. The molecule has 0 aliphatic rings. The van der Waals surface area contributed by atoms with E-state index in [4.69, 9.17) is 32.4 Å². The summed E-state index contributed by atoms with van der Waals surface area (Å²) in [5.41, 5.74) is 5.05. The standard InChI is InChI=1S/C23H15Cl2N3O3S/c1-30-20-8-12(6-7-18(20)29)19-11-17(14-9-13(24)10-15(25)22(14)31-19)27-28-23-26-16-4-2-3-5-21(16)32-23/h2-11,29H,1H3,(H,26,28). The molecule has 3 aromatic carbocycles. The molecule has 0 aliphatic carbocycles. The van der Waals surface area contributed by atoms with Crippen molar-refractivity contribution in [2.75, 3.05) is 12.5 Å². The van der Waals surface area contributed by atoms with E-state index < -0.39 is 0 Å². The number of nitrogens with one attached hydrogen (secondary N) is 1. The topological polar surface area (TPSA) is 79.9 Å². The smallest absolute Gasteiger partial charge is 0.204 e. The number of fused-ring (bicyclic) bond motifs is 2. The Hall–Kier alpha value is -3.26. The van der Waals surface area contributed by atoms with Crippen LogP contribution >= 0.6 is 34.5 Å². The summed E-state index contributed by atoms with van der Waals surface area (Å²) < 4.78 is 12.4. The number of hydrogen-bond acceptors (Lipinski definition) is 7. The van der Waals surface area contributed by atoms with Crippen LogP contribution in [0.1, 0.15) is 0 Å². The number of phenolic OH excluding ortho intramolecular Hbond substituents is 1. The molecule has 0 amide bonds. The maximum atomic E-state index is 9.93. The fourth-order valence-electron chi connectivity index (χ4n) is 3.29. The predicted molar refractivity (Wildman–Crippen MR) is 129 cm³/mol. The molecular formula is C23H15Cl2N3O3S. The van der Waals surface area contributed by atoms with E-state index in [0.29, 0.717) is 48.6 Å². The summed E-state index contributed by atoms with van der Waals surface area (Å²) in [5, 5.41) is 17.2. The van der Waals surface area contributed by atoms with Crippen molar-refractivity contribution in [2.24, 2.45) is 5.10 Å². The minimum absolute atomic E-state index is 0.0317. The zero-order chi connectivity index (χ0) is 22.2. The molecule has 160 valence electrons. The first kappa shape index (κ1) is 20.6. The average molecular weight is 484 g/mol. The molecule has 2 heterocycles. The lowest BCUT2D eigenvalue weighted by Crippen LogP contribution is -2.07. The van der Waals surface area contributed by atoms with Crippen LogP contribution in [0.4, 0.5) is 5.13 Å². The van der Waals surface area contributed by atoms with Crippen LogP contribution in [0.15, 0.2) is 70.2 Å². The third kappa shape index (κ3) is 3.86. The first-order valence-electron chi connectivity index (χ1n) is 9.47. The Labute approximate surface area is 196 Å². The number of benzene rings is 3. The Morgan fingerprint density at radius 2 is 1.94 bits per heavy atom. The zero-order valence-electron chi connectivity index (χ0n) is 16.6. The van der Waals surface area contributed by atoms with E-state index in [9.17, 15) is 5.11 Å². The molecule has 0 atom stereocenters. The van der Waals surface area contributed by atoms with E-state index in [1.54, 1.807) is 30.3 Å². The fourth-order valence-corrected chi connectivity index (χ4v) is 4.63. The van der Waals surface area contributed by atoms with Crippen LogP contribution in [0, 0.1) is 0 Å². The summed E-state index contributed by atoms with van der Waals surface area (Å²) >= 11 is 14.2. The maximum Gasteiger partial charge on any atom is 0.204 e. The van der Waals surface area contributed by atoms with Gasteiger partial charge < -0.3 is 14.3 Å². The third-order valence-electron chi connectivity index (χ3n) is 4.79. The number of nitrogens with zero attached hydrogens (tertiary/aromatic N) is 2. The molecule has 0 fully saturated rings. The average Bonchev–Trinajstić information content (AvgIpc) is 3.21. The van der Waals surface area contributed by atoms with Crippen LogP contribution < -0.4 is 15.5 Å². The van der Waals surface area contributed by atoms with Crippen LogP contribution in [-0.2, 0) is 0 Å². The van der Waals surface area contributed by atoms with Gasteiger partial charge in [-0.25, -0.2) is 4.98 Å². The molecule has 6 nitrogen and oxygen atoms in total. The molecule has 0 unspecified atom stereocenters. The third-order valence-corrected chi connectivity index (χ3v) is 6.23. The number of methoxy groups -OCH3 is 1. The largest absolute Gasteiger partial charge is 0.504 e. The number of ether oxygens (including phenoxy) is 1. The van der Waals surface area contributed by atoms with Gasteiger partial charge in [0.15, 0.2) is 17.1 Å². The Morgan fingerprint density at radius 3 is 2.75 bits per heavy atom. The van der Waals surface area contributed by atoms with Gasteiger partial charge in [-0.05, 0) is 42.5 Å². The second-order valence-electron chi connectivity index (χ2n) is 6.86. The van der Waals surface area contributed by atoms with Gasteiger partial charge in [-0.3, -0.25) is 5.43 Å². The highest BCUT2D eigenvalue weighted by molar-refractivity contribution is 7.22. The summed E-state index contributed by atoms with van der Waals surface area (Å²) in [7, 11) is 1.48. The van der Waals surface area contributed by atoms with Crippen LogP contribution in [0.25, 0.3) is 32.5 Å². The molecule has 5 aromatic rings. The van der Waals surface area contributed by atoms with Crippen molar-refractivity contribution in [2.45, 2.75) is 0 Å². The molecule has 0 saturated carbocycles. The van der Waals surface area contributed by atoms with Crippen LogP contribution in [0.3, 0.4) is 0 Å². The van der Waals surface area contributed by atoms with E-state index in [1.807, 2.05) is 24.3 Å². The summed E-state index contributed by atoms with van der Waals surface area (Å²) in [6, 6.07) is 17.9. The Kier molecular flexibility index (Phi) is 5.38. The number of hydrogen-bond donors (Lipinski definition) is 2. The Bertz CT molecular complexity index is 1510. The highest BCUT2D eigenvalue weighted by atomic mass is 35.5. The number of rotatable bonds is 4. The quantitative estimate of drug-likeness (QED) is 0.279. The van der Waals surface area contributed by atoms with Crippen molar-refractivity contribution in [1.29, 1.82) is 0 Å². The van der Waals surface area contributed by atoms with Gasteiger partial charge in [0.25, 0.3) is 0 Å². The van der Waals surface area contributed by atoms with Crippen molar-refractivity contribution in [3.63, 3.8) is 0 Å². The SMILES string of the molecule is COc1cc(-c2cc(=NNc3nc4ccccc4s3)c3cc(Cl)cc(Cl)c3o2)ccc1O. The van der Waals surface area contributed by atoms with E-state index in [1.165, 1.54) is 24.5 Å². The van der Waals surface area contributed by atoms with Gasteiger partial charge in [0, 0.05) is 22.0 Å². The summed E-state index contributed by atoms with van der Waals surface area (Å²) in [6.07, 6.45) is 0. The van der Waals surface area contributed by atoms with Crippen molar-refractivity contribution in [1.82, 2.24) is 4.98 Å². The van der Waals surface area contributed by atoms with Gasteiger partial charge in [-0.2, -0.15) is 5.10 Å². The zero-order valence-corrected chi connectivity index (χ0v) is 18.9. The molecule has 0 spiro atoms. The summed E-state index contributed by atoms with van der Waals surface area (Å²) in [4.78, 5) is 4.55. The lowest BCUT2D eigenvalue weighted by molar-refractivity contribution is 0.373. The molecule has 0 saturated heterocycles. The first-order valence-corrected chi connectivity index (χ1v) is 11.0. The van der Waals surface area contributed by atoms with Crippen LogP contribution in [-0.4, -0.2) is 17.2 Å².